The van der Waals surface area contributed by atoms with Crippen LogP contribution in [0.15, 0.2) is 24.3 Å². The van der Waals surface area contributed by atoms with Gasteiger partial charge in [0.2, 0.25) is 0 Å². The summed E-state index contributed by atoms with van der Waals surface area (Å²) >= 11 is 0. The van der Waals surface area contributed by atoms with Gasteiger partial charge in [-0.3, -0.25) is 0 Å². The van der Waals surface area contributed by atoms with Gasteiger partial charge in [-0.25, -0.2) is 0 Å². The van der Waals surface area contributed by atoms with Crippen LogP contribution in [0.4, 0.5) is 0 Å². The highest BCUT2D eigenvalue weighted by atomic mass is 16.5. The summed E-state index contributed by atoms with van der Waals surface area (Å²) in [5.74, 6) is 0.873. The average Bonchev–Trinajstić information content (AvgIpc) is 2.51. The van der Waals surface area contributed by atoms with E-state index in [4.69, 9.17) is 10.00 Å². The van der Waals surface area contributed by atoms with Crippen LogP contribution < -0.4 is 10.1 Å². The van der Waals surface area contributed by atoms with E-state index in [0.29, 0.717) is 13.0 Å². The second-order valence-electron chi connectivity index (χ2n) is 6.03. The Bertz CT molecular complexity index is 445. The lowest BCUT2D eigenvalue weighted by atomic mass is 9.82. The molecule has 1 atom stereocenters. The van der Waals surface area contributed by atoms with Crippen LogP contribution in [-0.2, 0) is 5.41 Å². The molecule has 0 heterocycles. The molecule has 3 heteroatoms. The van der Waals surface area contributed by atoms with E-state index in [-0.39, 0.29) is 11.5 Å². The molecule has 3 nitrogen and oxygen atoms in total. The summed E-state index contributed by atoms with van der Waals surface area (Å²) in [5.41, 5.74) is 1.53. The zero-order valence-corrected chi connectivity index (χ0v) is 13.8. The highest BCUT2D eigenvalue weighted by Crippen LogP contribution is 2.28. The van der Waals surface area contributed by atoms with Gasteiger partial charge in [-0.05, 0) is 42.5 Å². The minimum atomic E-state index is -0.122. The molecule has 0 fully saturated rings. The molecule has 0 aliphatic carbocycles. The Hall–Kier alpha value is -1.53. The summed E-state index contributed by atoms with van der Waals surface area (Å²) < 4.78 is 5.73. The van der Waals surface area contributed by atoms with E-state index in [1.807, 2.05) is 12.1 Å². The molecule has 0 aliphatic rings. The fourth-order valence-corrected chi connectivity index (χ4v) is 2.03. The number of rotatable bonds is 9. The largest absolute Gasteiger partial charge is 0.493 e. The van der Waals surface area contributed by atoms with Crippen molar-refractivity contribution in [1.29, 1.82) is 5.26 Å². The van der Waals surface area contributed by atoms with Gasteiger partial charge in [-0.15, -0.1) is 0 Å². The molecule has 1 aromatic carbocycles. The lowest BCUT2D eigenvalue weighted by Crippen LogP contribution is -2.29. The van der Waals surface area contributed by atoms with Crippen LogP contribution in [0.25, 0.3) is 0 Å². The van der Waals surface area contributed by atoms with Gasteiger partial charge in [0.15, 0.2) is 0 Å². The average molecular weight is 288 g/mol. The topological polar surface area (TPSA) is 45.0 Å². The van der Waals surface area contributed by atoms with Crippen LogP contribution in [0.3, 0.4) is 0 Å². The van der Waals surface area contributed by atoms with Crippen LogP contribution in [0, 0.1) is 11.3 Å². The van der Waals surface area contributed by atoms with Crippen LogP contribution >= 0.6 is 0 Å². The smallest absolute Gasteiger partial charge is 0.119 e. The molecule has 0 saturated heterocycles. The molecule has 21 heavy (non-hydrogen) atoms. The number of nitrogens with zero attached hydrogens (tertiary/aromatic N) is 1. The minimum absolute atomic E-state index is 0.122. The minimum Gasteiger partial charge on any atom is -0.493 e. The fraction of sp³-hybridized carbons (Fsp3) is 0.611. The van der Waals surface area contributed by atoms with Gasteiger partial charge in [0, 0.05) is 6.42 Å². The molecule has 1 N–H and O–H groups in total. The molecule has 0 radical (unpaired) electrons. The summed E-state index contributed by atoms with van der Waals surface area (Å²) in [6, 6.07) is 10.5. The summed E-state index contributed by atoms with van der Waals surface area (Å²) in [4.78, 5) is 0. The standard InChI is InChI=1S/C18H28N2O/c1-5-12-20-16(14-19)11-13-21-17-9-7-15(8-10-17)18(3,4)6-2/h7-10,16,20H,5-6,11-13H2,1-4H3. The summed E-state index contributed by atoms with van der Waals surface area (Å²) in [7, 11) is 0. The first-order chi connectivity index (χ1) is 10.0. The molecule has 0 spiro atoms. The first-order valence-corrected chi connectivity index (χ1v) is 7.89. The summed E-state index contributed by atoms with van der Waals surface area (Å²) in [6.45, 7) is 10.2. The van der Waals surface area contributed by atoms with Crippen LogP contribution in [0.1, 0.15) is 52.5 Å². The van der Waals surface area contributed by atoms with Crippen molar-refractivity contribution in [2.45, 2.75) is 58.4 Å². The van der Waals surface area contributed by atoms with E-state index in [1.165, 1.54) is 5.56 Å². The van der Waals surface area contributed by atoms with E-state index in [1.54, 1.807) is 0 Å². The van der Waals surface area contributed by atoms with Gasteiger partial charge in [0.25, 0.3) is 0 Å². The highest BCUT2D eigenvalue weighted by molar-refractivity contribution is 5.31. The zero-order chi connectivity index (χ0) is 15.7. The van der Waals surface area contributed by atoms with E-state index in [2.05, 4.69) is 51.2 Å². The predicted molar refractivity (Wildman–Crippen MR) is 87.6 cm³/mol. The maximum atomic E-state index is 9.03. The second kappa shape index (κ2) is 8.69. The number of hydrogen-bond donors (Lipinski definition) is 1. The molecule has 0 saturated carbocycles. The molecule has 0 aromatic heterocycles. The van der Waals surface area contributed by atoms with Gasteiger partial charge in [0.05, 0.1) is 18.7 Å². The van der Waals surface area contributed by atoms with Gasteiger partial charge in [0.1, 0.15) is 5.75 Å². The molecule has 1 unspecified atom stereocenters. The predicted octanol–water partition coefficient (Wildman–Crippen LogP) is 4.03. The monoisotopic (exact) mass is 288 g/mol. The van der Waals surface area contributed by atoms with E-state index in [9.17, 15) is 0 Å². The summed E-state index contributed by atoms with van der Waals surface area (Å²) in [6.07, 6.45) is 2.85. The molecule has 0 amide bonds. The quantitative estimate of drug-likeness (QED) is 0.746. The molecular formula is C18H28N2O. The summed E-state index contributed by atoms with van der Waals surface area (Å²) in [5, 5.41) is 12.2. The molecule has 116 valence electrons. The van der Waals surface area contributed by atoms with Gasteiger partial charge in [-0.2, -0.15) is 5.26 Å². The number of nitriles is 1. The van der Waals surface area contributed by atoms with E-state index in [0.717, 1.165) is 25.1 Å². The van der Waals surface area contributed by atoms with Gasteiger partial charge < -0.3 is 10.1 Å². The SMILES string of the molecule is CCCNC(C#N)CCOc1ccc(C(C)(C)CC)cc1. The molecule has 0 bridgehead atoms. The van der Waals surface area contributed by atoms with Crippen LogP contribution in [0.5, 0.6) is 5.75 Å². The number of hydrogen-bond acceptors (Lipinski definition) is 3. The van der Waals surface area contributed by atoms with E-state index < -0.39 is 0 Å². The number of ether oxygens (including phenoxy) is 1. The van der Waals surface area contributed by atoms with Crippen molar-refractivity contribution in [2.24, 2.45) is 0 Å². The van der Waals surface area contributed by atoms with Gasteiger partial charge >= 0.3 is 0 Å². The maximum absolute atomic E-state index is 9.03. The Morgan fingerprint density at radius 1 is 1.24 bits per heavy atom. The second-order valence-corrected chi connectivity index (χ2v) is 6.03. The van der Waals surface area contributed by atoms with Crippen molar-refractivity contribution in [3.05, 3.63) is 29.8 Å². The Kier molecular flexibility index (Phi) is 7.25. The highest BCUT2D eigenvalue weighted by Gasteiger charge is 2.17. The Morgan fingerprint density at radius 3 is 2.43 bits per heavy atom. The first-order valence-electron chi connectivity index (χ1n) is 7.89. The van der Waals surface area contributed by atoms with Crippen molar-refractivity contribution in [3.8, 4) is 11.8 Å². The van der Waals surface area contributed by atoms with Crippen molar-refractivity contribution < 1.29 is 4.74 Å². The van der Waals surface area contributed by atoms with E-state index >= 15 is 0 Å². The molecular weight excluding hydrogens is 260 g/mol. The first kappa shape index (κ1) is 17.5. The van der Waals surface area contributed by atoms with Crippen molar-refractivity contribution in [3.63, 3.8) is 0 Å². The Labute approximate surface area is 129 Å². The molecule has 1 aromatic rings. The third kappa shape index (κ3) is 5.77. The van der Waals surface area contributed by atoms with Crippen molar-refractivity contribution in [2.75, 3.05) is 13.2 Å². The normalized spacial score (nSPS) is 12.7. The lowest BCUT2D eigenvalue weighted by Gasteiger charge is -2.23. The number of nitrogens with one attached hydrogen (secondary N) is 1. The lowest BCUT2D eigenvalue weighted by molar-refractivity contribution is 0.297. The Morgan fingerprint density at radius 2 is 1.90 bits per heavy atom. The third-order valence-corrected chi connectivity index (χ3v) is 3.99. The zero-order valence-electron chi connectivity index (χ0n) is 13.8. The fourth-order valence-electron chi connectivity index (χ4n) is 2.03. The maximum Gasteiger partial charge on any atom is 0.119 e. The van der Waals surface area contributed by atoms with Gasteiger partial charge in [-0.1, -0.05) is 39.8 Å². The van der Waals surface area contributed by atoms with Crippen molar-refractivity contribution in [1.82, 2.24) is 5.32 Å². The molecule has 1 rings (SSSR count). The Balaban J connectivity index is 2.45. The van der Waals surface area contributed by atoms with Crippen LogP contribution in [-0.4, -0.2) is 19.2 Å². The number of benzene rings is 1. The van der Waals surface area contributed by atoms with Crippen LogP contribution in [0.2, 0.25) is 0 Å². The third-order valence-electron chi connectivity index (χ3n) is 3.99. The molecule has 0 aliphatic heterocycles. The van der Waals surface area contributed by atoms with Crippen molar-refractivity contribution >= 4 is 0 Å².